The standard InChI is InChI=1S/C29H34ClN3O4/c1-19(2)21-10-12-22(13-11-21)26(28(36)32-29(3,4)5)33(18-20-8-14-23(30)15-9-20)25(34)17-31-27(35)24-7-6-16-37-24/h6-16,19,26H,17-18H2,1-5H3,(H,31,35)(H,32,36)/t26-/m1/s1. The van der Waals surface area contributed by atoms with Crippen molar-refractivity contribution in [2.45, 2.75) is 58.7 Å². The maximum absolute atomic E-state index is 13.7. The first-order valence-electron chi connectivity index (χ1n) is 12.2. The lowest BCUT2D eigenvalue weighted by atomic mass is 9.96. The first kappa shape index (κ1) is 28.0. The monoisotopic (exact) mass is 523 g/mol. The second kappa shape index (κ2) is 12.1. The molecule has 0 bridgehead atoms. The Balaban J connectivity index is 1.98. The average molecular weight is 524 g/mol. The Kier molecular flexibility index (Phi) is 9.16. The Morgan fingerprint density at radius 1 is 0.946 bits per heavy atom. The number of benzene rings is 2. The van der Waals surface area contributed by atoms with Crippen LogP contribution in [0.1, 0.15) is 73.8 Å². The summed E-state index contributed by atoms with van der Waals surface area (Å²) in [4.78, 5) is 41.2. The fraction of sp³-hybridized carbons (Fsp3) is 0.345. The zero-order valence-electron chi connectivity index (χ0n) is 21.9. The van der Waals surface area contributed by atoms with Crippen molar-refractivity contribution in [1.29, 1.82) is 0 Å². The van der Waals surface area contributed by atoms with Gasteiger partial charge in [-0.3, -0.25) is 14.4 Å². The van der Waals surface area contributed by atoms with Gasteiger partial charge in [-0.2, -0.15) is 0 Å². The summed E-state index contributed by atoms with van der Waals surface area (Å²) in [5.74, 6) is -0.828. The molecule has 1 heterocycles. The molecular formula is C29H34ClN3O4. The van der Waals surface area contributed by atoms with Gasteiger partial charge in [-0.15, -0.1) is 0 Å². The Labute approximate surface area is 223 Å². The number of rotatable bonds is 9. The van der Waals surface area contributed by atoms with Crippen molar-refractivity contribution < 1.29 is 18.8 Å². The average Bonchev–Trinajstić information content (AvgIpc) is 3.37. The minimum Gasteiger partial charge on any atom is -0.459 e. The number of nitrogens with zero attached hydrogens (tertiary/aromatic N) is 1. The Morgan fingerprint density at radius 2 is 1.57 bits per heavy atom. The van der Waals surface area contributed by atoms with Gasteiger partial charge >= 0.3 is 0 Å². The molecule has 1 aromatic heterocycles. The van der Waals surface area contributed by atoms with Gasteiger partial charge in [0.1, 0.15) is 6.04 Å². The Hall–Kier alpha value is -3.58. The van der Waals surface area contributed by atoms with Gasteiger partial charge in [0, 0.05) is 17.1 Å². The number of furan rings is 1. The van der Waals surface area contributed by atoms with E-state index in [0.29, 0.717) is 16.5 Å². The van der Waals surface area contributed by atoms with Crippen molar-refractivity contribution in [2.75, 3.05) is 6.54 Å². The van der Waals surface area contributed by atoms with E-state index in [-0.39, 0.29) is 24.8 Å². The largest absolute Gasteiger partial charge is 0.459 e. The summed E-state index contributed by atoms with van der Waals surface area (Å²) < 4.78 is 5.12. The normalized spacial score (nSPS) is 12.2. The quantitative estimate of drug-likeness (QED) is 0.389. The van der Waals surface area contributed by atoms with E-state index in [4.69, 9.17) is 16.0 Å². The third kappa shape index (κ3) is 7.95. The van der Waals surface area contributed by atoms with Gasteiger partial charge in [-0.25, -0.2) is 0 Å². The van der Waals surface area contributed by atoms with Crippen LogP contribution in [0, 0.1) is 0 Å². The van der Waals surface area contributed by atoms with Gasteiger partial charge in [-0.05, 0) is 67.6 Å². The lowest BCUT2D eigenvalue weighted by Gasteiger charge is -2.34. The van der Waals surface area contributed by atoms with Gasteiger partial charge in [0.05, 0.1) is 12.8 Å². The summed E-state index contributed by atoms with van der Waals surface area (Å²) in [5, 5.41) is 6.19. The lowest BCUT2D eigenvalue weighted by Crippen LogP contribution is -2.50. The molecule has 0 saturated carbocycles. The van der Waals surface area contributed by atoms with Crippen molar-refractivity contribution in [3.63, 3.8) is 0 Å². The maximum Gasteiger partial charge on any atom is 0.287 e. The molecule has 1 atom stereocenters. The van der Waals surface area contributed by atoms with Crippen LogP contribution < -0.4 is 10.6 Å². The zero-order chi connectivity index (χ0) is 27.2. The molecule has 7 nitrogen and oxygen atoms in total. The Morgan fingerprint density at radius 3 is 2.11 bits per heavy atom. The minimum absolute atomic E-state index is 0.100. The summed E-state index contributed by atoms with van der Waals surface area (Å²) in [6.45, 7) is 9.68. The van der Waals surface area contributed by atoms with Crippen molar-refractivity contribution in [2.24, 2.45) is 0 Å². The van der Waals surface area contributed by atoms with E-state index in [1.54, 1.807) is 18.2 Å². The summed E-state index contributed by atoms with van der Waals surface area (Å²) in [7, 11) is 0. The molecule has 0 radical (unpaired) electrons. The van der Waals surface area contributed by atoms with Crippen molar-refractivity contribution in [3.05, 3.63) is 94.4 Å². The van der Waals surface area contributed by atoms with E-state index in [1.165, 1.54) is 17.2 Å². The number of hydrogen-bond acceptors (Lipinski definition) is 4. The summed E-state index contributed by atoms with van der Waals surface area (Å²) >= 11 is 6.06. The molecule has 0 spiro atoms. The fourth-order valence-electron chi connectivity index (χ4n) is 3.84. The molecule has 37 heavy (non-hydrogen) atoms. The molecule has 0 unspecified atom stereocenters. The lowest BCUT2D eigenvalue weighted by molar-refractivity contribution is -0.141. The molecule has 0 fully saturated rings. The van der Waals surface area contributed by atoms with Crippen LogP contribution >= 0.6 is 11.6 Å². The van der Waals surface area contributed by atoms with Crippen LogP contribution in [0.2, 0.25) is 5.02 Å². The molecule has 0 aliphatic heterocycles. The zero-order valence-corrected chi connectivity index (χ0v) is 22.6. The van der Waals surface area contributed by atoms with Gasteiger partial charge in [-0.1, -0.05) is 61.8 Å². The van der Waals surface area contributed by atoms with E-state index in [2.05, 4.69) is 24.5 Å². The predicted molar refractivity (Wildman–Crippen MR) is 144 cm³/mol. The van der Waals surface area contributed by atoms with E-state index in [0.717, 1.165) is 11.1 Å². The second-order valence-corrected chi connectivity index (χ2v) is 10.7. The van der Waals surface area contributed by atoms with Gasteiger partial charge in [0.25, 0.3) is 5.91 Å². The number of halogens is 1. The number of amides is 3. The molecule has 2 aromatic carbocycles. The van der Waals surface area contributed by atoms with Crippen LogP contribution in [-0.2, 0) is 16.1 Å². The van der Waals surface area contributed by atoms with Crippen LogP contribution in [0.15, 0.2) is 71.3 Å². The van der Waals surface area contributed by atoms with E-state index in [1.807, 2.05) is 57.2 Å². The van der Waals surface area contributed by atoms with Crippen molar-refractivity contribution >= 4 is 29.3 Å². The molecule has 0 aliphatic carbocycles. The van der Waals surface area contributed by atoms with Gasteiger partial charge < -0.3 is 20.0 Å². The predicted octanol–water partition coefficient (Wildman–Crippen LogP) is 5.47. The molecular weight excluding hydrogens is 490 g/mol. The van der Waals surface area contributed by atoms with E-state index in [9.17, 15) is 14.4 Å². The molecule has 0 aliphatic rings. The summed E-state index contributed by atoms with van der Waals surface area (Å²) in [5.41, 5.74) is 2.07. The van der Waals surface area contributed by atoms with Crippen LogP contribution in [0.25, 0.3) is 0 Å². The number of hydrogen-bond donors (Lipinski definition) is 2. The summed E-state index contributed by atoms with van der Waals surface area (Å²) in [6.07, 6.45) is 1.39. The van der Waals surface area contributed by atoms with E-state index >= 15 is 0 Å². The number of nitrogens with one attached hydrogen (secondary N) is 2. The molecule has 3 amide bonds. The molecule has 2 N–H and O–H groups in total. The third-order valence-electron chi connectivity index (χ3n) is 5.71. The molecule has 8 heteroatoms. The van der Waals surface area contributed by atoms with Crippen molar-refractivity contribution in [1.82, 2.24) is 15.5 Å². The second-order valence-electron chi connectivity index (χ2n) is 10.3. The summed E-state index contributed by atoms with van der Waals surface area (Å²) in [6, 6.07) is 17.0. The molecule has 3 aromatic rings. The van der Waals surface area contributed by atoms with Crippen LogP contribution in [0.4, 0.5) is 0 Å². The Bertz CT molecular complexity index is 1200. The number of carbonyl (C=O) groups is 3. The highest BCUT2D eigenvalue weighted by atomic mass is 35.5. The third-order valence-corrected chi connectivity index (χ3v) is 5.96. The SMILES string of the molecule is CC(C)c1ccc([C@H](C(=O)NC(C)(C)C)N(Cc2ccc(Cl)cc2)C(=O)CNC(=O)c2ccco2)cc1. The first-order chi connectivity index (χ1) is 17.4. The topological polar surface area (TPSA) is 91.7 Å². The first-order valence-corrected chi connectivity index (χ1v) is 12.6. The molecule has 196 valence electrons. The van der Waals surface area contributed by atoms with Gasteiger partial charge in [0.15, 0.2) is 5.76 Å². The van der Waals surface area contributed by atoms with Crippen molar-refractivity contribution in [3.8, 4) is 0 Å². The van der Waals surface area contributed by atoms with Crippen LogP contribution in [0.5, 0.6) is 0 Å². The molecule has 3 rings (SSSR count). The van der Waals surface area contributed by atoms with Crippen LogP contribution in [-0.4, -0.2) is 34.7 Å². The smallest absolute Gasteiger partial charge is 0.287 e. The highest BCUT2D eigenvalue weighted by Gasteiger charge is 2.33. The van der Waals surface area contributed by atoms with E-state index < -0.39 is 23.4 Å². The fourth-order valence-corrected chi connectivity index (χ4v) is 3.96. The van der Waals surface area contributed by atoms with Gasteiger partial charge in [0.2, 0.25) is 11.8 Å². The highest BCUT2D eigenvalue weighted by Crippen LogP contribution is 2.27. The van der Waals surface area contributed by atoms with Crippen LogP contribution in [0.3, 0.4) is 0 Å². The maximum atomic E-state index is 13.7. The highest BCUT2D eigenvalue weighted by molar-refractivity contribution is 6.30. The number of carbonyl (C=O) groups excluding carboxylic acids is 3. The minimum atomic E-state index is -0.927. The molecule has 0 saturated heterocycles.